The molecule has 2 heterocycles. The van der Waals surface area contributed by atoms with Crippen LogP contribution in [0.2, 0.25) is 0 Å². The molecule has 0 bridgehead atoms. The Balaban J connectivity index is 1.96. The molecule has 112 valence electrons. The van der Waals surface area contributed by atoms with Gasteiger partial charge in [-0.3, -0.25) is 9.69 Å². The quantitative estimate of drug-likeness (QED) is 0.835. The second-order valence-electron chi connectivity index (χ2n) is 5.57. The first-order valence-corrected chi connectivity index (χ1v) is 8.74. The Morgan fingerprint density at radius 2 is 2.05 bits per heavy atom. The largest absolute Gasteiger partial charge is 0.354 e. The number of hydrogen-bond acceptors (Lipinski definition) is 3. The third kappa shape index (κ3) is 3.83. The molecule has 3 nitrogen and oxygen atoms in total. The fraction of sp³-hybridized carbons (Fsp3) is 0.688. The average Bonchev–Trinajstić information content (AvgIpc) is 3.13. The first kappa shape index (κ1) is 15.5. The molecule has 1 aromatic rings. The molecule has 1 amide bonds. The van der Waals surface area contributed by atoms with Crippen LogP contribution in [0, 0.1) is 5.92 Å². The van der Waals surface area contributed by atoms with Crippen molar-refractivity contribution in [2.45, 2.75) is 45.6 Å². The Morgan fingerprint density at radius 3 is 2.60 bits per heavy atom. The van der Waals surface area contributed by atoms with Crippen molar-refractivity contribution < 1.29 is 4.79 Å². The van der Waals surface area contributed by atoms with Crippen molar-refractivity contribution >= 4 is 17.2 Å². The first-order valence-electron chi connectivity index (χ1n) is 7.80. The Labute approximate surface area is 126 Å². The maximum absolute atomic E-state index is 12.2. The van der Waals surface area contributed by atoms with Crippen molar-refractivity contribution in [2.75, 3.05) is 19.6 Å². The van der Waals surface area contributed by atoms with Crippen LogP contribution in [-0.4, -0.2) is 30.4 Å². The van der Waals surface area contributed by atoms with E-state index < -0.39 is 0 Å². The lowest BCUT2D eigenvalue weighted by Gasteiger charge is -2.28. The highest BCUT2D eigenvalue weighted by Gasteiger charge is 2.25. The lowest BCUT2D eigenvalue weighted by atomic mass is 10.0. The summed E-state index contributed by atoms with van der Waals surface area (Å²) in [4.78, 5) is 14.7. The molecule has 1 aromatic heterocycles. The Morgan fingerprint density at radius 1 is 1.35 bits per heavy atom. The molecule has 1 saturated heterocycles. The van der Waals surface area contributed by atoms with Crippen LogP contribution in [0.4, 0.5) is 0 Å². The number of carbonyl (C=O) groups excluding carboxylic acids is 1. The van der Waals surface area contributed by atoms with Crippen LogP contribution in [0.25, 0.3) is 0 Å². The number of amides is 1. The van der Waals surface area contributed by atoms with Gasteiger partial charge in [0.1, 0.15) is 0 Å². The van der Waals surface area contributed by atoms with Gasteiger partial charge in [-0.2, -0.15) is 11.3 Å². The van der Waals surface area contributed by atoms with Crippen LogP contribution in [0.15, 0.2) is 16.8 Å². The van der Waals surface area contributed by atoms with Crippen molar-refractivity contribution in [1.29, 1.82) is 0 Å². The number of rotatable bonds is 7. The van der Waals surface area contributed by atoms with Crippen molar-refractivity contribution in [2.24, 2.45) is 5.92 Å². The summed E-state index contributed by atoms with van der Waals surface area (Å²) in [5, 5.41) is 7.51. The summed E-state index contributed by atoms with van der Waals surface area (Å²) < 4.78 is 0. The zero-order valence-electron chi connectivity index (χ0n) is 12.6. The normalized spacial score (nSPS) is 17.6. The predicted octanol–water partition coefficient (Wildman–Crippen LogP) is 3.44. The highest BCUT2D eigenvalue weighted by molar-refractivity contribution is 7.07. The van der Waals surface area contributed by atoms with Crippen LogP contribution < -0.4 is 5.32 Å². The lowest BCUT2D eigenvalue weighted by molar-refractivity contribution is -0.125. The van der Waals surface area contributed by atoms with E-state index in [-0.39, 0.29) is 11.8 Å². The summed E-state index contributed by atoms with van der Waals surface area (Å²) in [6.45, 7) is 7.23. The standard InChI is InChI=1S/C16H26N2OS/c1-3-13(4-2)16(19)17-11-15(14-7-10-20-12-14)18-8-5-6-9-18/h7,10,12-13,15H,3-6,8-9,11H2,1-2H3,(H,17,19). The van der Waals surface area contributed by atoms with Gasteiger partial charge in [-0.15, -0.1) is 0 Å². The minimum absolute atomic E-state index is 0.164. The van der Waals surface area contributed by atoms with E-state index in [4.69, 9.17) is 0 Å². The van der Waals surface area contributed by atoms with E-state index in [1.54, 1.807) is 11.3 Å². The average molecular weight is 294 g/mol. The fourth-order valence-electron chi connectivity index (χ4n) is 2.98. The molecule has 0 radical (unpaired) electrons. The molecule has 1 atom stereocenters. The molecule has 1 fully saturated rings. The molecule has 1 aliphatic rings. The summed E-state index contributed by atoms with van der Waals surface area (Å²) in [7, 11) is 0. The molecule has 0 spiro atoms. The zero-order valence-corrected chi connectivity index (χ0v) is 13.4. The Kier molecular flexibility index (Phi) is 6.05. The second kappa shape index (κ2) is 7.79. The van der Waals surface area contributed by atoms with Crippen molar-refractivity contribution in [3.05, 3.63) is 22.4 Å². The third-order valence-electron chi connectivity index (χ3n) is 4.34. The van der Waals surface area contributed by atoms with Gasteiger partial charge in [-0.25, -0.2) is 0 Å². The summed E-state index contributed by atoms with van der Waals surface area (Å²) in [6, 6.07) is 2.54. The fourth-order valence-corrected chi connectivity index (χ4v) is 3.68. The topological polar surface area (TPSA) is 32.3 Å². The molecule has 0 aliphatic carbocycles. The number of nitrogens with zero attached hydrogens (tertiary/aromatic N) is 1. The molecular weight excluding hydrogens is 268 g/mol. The van der Waals surface area contributed by atoms with Crippen LogP contribution in [0.3, 0.4) is 0 Å². The van der Waals surface area contributed by atoms with E-state index in [0.717, 1.165) is 32.5 Å². The summed E-state index contributed by atoms with van der Waals surface area (Å²) >= 11 is 1.74. The summed E-state index contributed by atoms with van der Waals surface area (Å²) in [5.74, 6) is 0.381. The van der Waals surface area contributed by atoms with Crippen molar-refractivity contribution in [3.8, 4) is 0 Å². The van der Waals surface area contributed by atoms with Gasteiger partial charge in [0.25, 0.3) is 0 Å². The monoisotopic (exact) mass is 294 g/mol. The molecule has 1 aliphatic heterocycles. The molecular formula is C16H26N2OS. The highest BCUT2D eigenvalue weighted by Crippen LogP contribution is 2.26. The predicted molar refractivity (Wildman–Crippen MR) is 84.9 cm³/mol. The Hall–Kier alpha value is -0.870. The van der Waals surface area contributed by atoms with Crippen molar-refractivity contribution in [1.82, 2.24) is 10.2 Å². The molecule has 2 rings (SSSR count). The van der Waals surface area contributed by atoms with Crippen LogP contribution in [-0.2, 0) is 4.79 Å². The van der Waals surface area contributed by atoms with Gasteiger partial charge in [0.05, 0.1) is 6.04 Å². The molecule has 1 unspecified atom stereocenters. The van der Waals surface area contributed by atoms with E-state index >= 15 is 0 Å². The van der Waals surface area contributed by atoms with Crippen LogP contribution in [0.1, 0.15) is 51.1 Å². The van der Waals surface area contributed by atoms with Gasteiger partial charge in [0.15, 0.2) is 0 Å². The minimum atomic E-state index is 0.164. The number of carbonyl (C=O) groups is 1. The maximum atomic E-state index is 12.2. The summed E-state index contributed by atoms with van der Waals surface area (Å²) in [6.07, 6.45) is 4.41. The van der Waals surface area contributed by atoms with E-state index in [9.17, 15) is 4.79 Å². The SMILES string of the molecule is CCC(CC)C(=O)NCC(c1ccsc1)N1CCCC1. The van der Waals surface area contributed by atoms with E-state index in [0.29, 0.717) is 6.04 Å². The van der Waals surface area contributed by atoms with Gasteiger partial charge >= 0.3 is 0 Å². The van der Waals surface area contributed by atoms with Gasteiger partial charge < -0.3 is 5.32 Å². The number of hydrogen-bond donors (Lipinski definition) is 1. The van der Waals surface area contributed by atoms with Gasteiger partial charge in [-0.1, -0.05) is 13.8 Å². The zero-order chi connectivity index (χ0) is 14.4. The van der Waals surface area contributed by atoms with Crippen LogP contribution in [0.5, 0.6) is 0 Å². The van der Waals surface area contributed by atoms with E-state index in [1.807, 2.05) is 0 Å². The molecule has 1 N–H and O–H groups in total. The van der Waals surface area contributed by atoms with E-state index in [1.165, 1.54) is 18.4 Å². The first-order chi connectivity index (χ1) is 9.76. The molecule has 0 saturated carbocycles. The van der Waals surface area contributed by atoms with E-state index in [2.05, 4.69) is 40.9 Å². The molecule has 20 heavy (non-hydrogen) atoms. The van der Waals surface area contributed by atoms with Crippen LogP contribution >= 0.6 is 11.3 Å². The van der Waals surface area contributed by atoms with Gasteiger partial charge in [0.2, 0.25) is 5.91 Å². The minimum Gasteiger partial charge on any atom is -0.354 e. The Bertz CT molecular complexity index is 395. The highest BCUT2D eigenvalue weighted by atomic mass is 32.1. The number of likely N-dealkylation sites (tertiary alicyclic amines) is 1. The second-order valence-corrected chi connectivity index (χ2v) is 6.35. The number of thiophene rings is 1. The van der Waals surface area contributed by atoms with Gasteiger partial charge in [0, 0.05) is 12.5 Å². The third-order valence-corrected chi connectivity index (χ3v) is 5.04. The maximum Gasteiger partial charge on any atom is 0.223 e. The molecule has 0 aromatic carbocycles. The van der Waals surface area contributed by atoms with Gasteiger partial charge in [-0.05, 0) is 61.2 Å². The lowest BCUT2D eigenvalue weighted by Crippen LogP contribution is -2.39. The number of nitrogens with one attached hydrogen (secondary N) is 1. The summed E-state index contributed by atoms with van der Waals surface area (Å²) in [5.41, 5.74) is 1.35. The molecule has 4 heteroatoms. The smallest absolute Gasteiger partial charge is 0.223 e. The van der Waals surface area contributed by atoms with Crippen molar-refractivity contribution in [3.63, 3.8) is 0 Å².